The van der Waals surface area contributed by atoms with E-state index in [1.807, 2.05) is 72.8 Å². The van der Waals surface area contributed by atoms with Crippen molar-refractivity contribution in [3.8, 4) is 34.1 Å². The highest BCUT2D eigenvalue weighted by atomic mass is 35.5. The number of likely N-dealkylation sites (tertiary alicyclic amines) is 1. The molecule has 2 saturated heterocycles. The Labute approximate surface area is 344 Å². The average molecular weight is 826 g/mol. The number of benzene rings is 3. The van der Waals surface area contributed by atoms with E-state index in [0.717, 1.165) is 39.8 Å². The lowest BCUT2D eigenvalue weighted by Gasteiger charge is -2.19. The second-order valence-corrected chi connectivity index (χ2v) is 15.3. The van der Waals surface area contributed by atoms with Crippen molar-refractivity contribution in [1.29, 1.82) is 5.26 Å². The normalized spacial score (nSPS) is 17.0. The largest absolute Gasteiger partial charge is 0.492 e. The van der Waals surface area contributed by atoms with Crippen molar-refractivity contribution in [2.75, 3.05) is 26.2 Å². The number of nitrogens with one attached hydrogen (secondary N) is 2. The van der Waals surface area contributed by atoms with Gasteiger partial charge in [0.1, 0.15) is 18.0 Å². The maximum Gasteiger partial charge on any atom is 0.307 e. The summed E-state index contributed by atoms with van der Waals surface area (Å²) < 4.78 is 7.51. The van der Waals surface area contributed by atoms with E-state index in [-0.39, 0.29) is 30.5 Å². The lowest BCUT2D eigenvalue weighted by Crippen LogP contribution is -2.36. The van der Waals surface area contributed by atoms with Crippen LogP contribution in [-0.2, 0) is 22.7 Å². The maximum atomic E-state index is 13.3. The third-order valence-corrected chi connectivity index (χ3v) is 11.5. The molecule has 57 heavy (non-hydrogen) atoms. The Morgan fingerprint density at radius 3 is 2.53 bits per heavy atom. The van der Waals surface area contributed by atoms with E-state index in [2.05, 4.69) is 26.6 Å². The van der Waals surface area contributed by atoms with Crippen LogP contribution in [-0.4, -0.2) is 63.6 Å². The van der Waals surface area contributed by atoms with Gasteiger partial charge in [0.15, 0.2) is 0 Å². The molecular formula is C43H39Cl3N6O5. The lowest BCUT2D eigenvalue weighted by molar-refractivity contribution is -0.141. The van der Waals surface area contributed by atoms with Crippen LogP contribution in [0, 0.1) is 17.2 Å². The Morgan fingerprint density at radius 1 is 1.00 bits per heavy atom. The molecular weight excluding hydrogens is 787 g/mol. The van der Waals surface area contributed by atoms with Crippen molar-refractivity contribution >= 4 is 64.5 Å². The average Bonchev–Trinajstić information content (AvgIpc) is 3.85. The summed E-state index contributed by atoms with van der Waals surface area (Å²) in [5.41, 5.74) is 6.02. The van der Waals surface area contributed by atoms with Crippen LogP contribution in [0.5, 0.6) is 5.75 Å². The minimum Gasteiger partial charge on any atom is -0.492 e. The summed E-state index contributed by atoms with van der Waals surface area (Å²) in [4.78, 5) is 42.9. The van der Waals surface area contributed by atoms with E-state index in [4.69, 9.17) is 44.8 Å². The number of carbonyl (C=O) groups excluding carboxylic acids is 1. The van der Waals surface area contributed by atoms with Crippen LogP contribution in [0.15, 0.2) is 77.9 Å². The molecule has 4 heterocycles. The Kier molecular flexibility index (Phi) is 12.6. The van der Waals surface area contributed by atoms with Crippen molar-refractivity contribution in [3.63, 3.8) is 0 Å². The van der Waals surface area contributed by atoms with Crippen LogP contribution in [0.1, 0.15) is 47.9 Å². The molecule has 2 aromatic heterocycles. The van der Waals surface area contributed by atoms with Gasteiger partial charge in [0.2, 0.25) is 5.91 Å². The molecule has 0 aliphatic carbocycles. The molecule has 11 nitrogen and oxygen atoms in total. The van der Waals surface area contributed by atoms with Gasteiger partial charge >= 0.3 is 5.97 Å². The van der Waals surface area contributed by atoms with Gasteiger partial charge in [-0.25, -0.2) is 4.98 Å². The zero-order valence-corrected chi connectivity index (χ0v) is 33.1. The van der Waals surface area contributed by atoms with Crippen molar-refractivity contribution in [2.45, 2.75) is 44.8 Å². The van der Waals surface area contributed by atoms with Gasteiger partial charge in [0, 0.05) is 83.9 Å². The molecule has 0 spiro atoms. The molecule has 0 saturated carbocycles. The van der Waals surface area contributed by atoms with E-state index in [0.29, 0.717) is 83.2 Å². The van der Waals surface area contributed by atoms with Crippen LogP contribution in [0.2, 0.25) is 15.1 Å². The monoisotopic (exact) mass is 824 g/mol. The molecule has 2 fully saturated rings. The maximum absolute atomic E-state index is 13.3. The molecule has 0 unspecified atom stereocenters. The van der Waals surface area contributed by atoms with Crippen LogP contribution in [0.3, 0.4) is 0 Å². The van der Waals surface area contributed by atoms with Gasteiger partial charge in [-0.15, -0.1) is 0 Å². The molecule has 0 bridgehead atoms. The summed E-state index contributed by atoms with van der Waals surface area (Å²) in [7, 11) is 0. The number of carbonyl (C=O) groups is 2. The first-order valence-corrected chi connectivity index (χ1v) is 19.8. The molecule has 2 atom stereocenters. The second kappa shape index (κ2) is 17.9. The van der Waals surface area contributed by atoms with Gasteiger partial charge in [0.05, 0.1) is 28.5 Å². The Balaban J connectivity index is 1.11. The summed E-state index contributed by atoms with van der Waals surface area (Å²) in [6, 6.07) is 20.9. The highest BCUT2D eigenvalue weighted by molar-refractivity contribution is 6.39. The predicted octanol–water partition coefficient (Wildman–Crippen LogP) is 7.73. The van der Waals surface area contributed by atoms with Gasteiger partial charge in [-0.05, 0) is 60.3 Å². The molecule has 14 heteroatoms. The standard InChI is InChI=1S/C43H39Cl3N6O5/c44-36-18-30(25-51-15-12-29(24-51)43(55)56)37(57-17-3-14-47)19-28(36)9-8-26-4-1-6-34(40(26)45)35-7-2-5-33(41(35)46)27-13-16-52-38(20-27)49-22-31(42(52)54)21-48-23-32-10-11-39(53)50-32/h1-2,4-9,13,16,18-20,22,29,32,48H,3,10-12,15,17,21,23-25H2,(H,50,53)(H,55,56)/b9-8+/t29-,32+/m1/s1. The van der Waals surface area contributed by atoms with E-state index in [1.54, 1.807) is 12.4 Å². The number of hydrogen-bond donors (Lipinski definition) is 3. The predicted molar refractivity (Wildman–Crippen MR) is 222 cm³/mol. The fourth-order valence-corrected chi connectivity index (χ4v) is 8.14. The van der Waals surface area contributed by atoms with Crippen molar-refractivity contribution < 1.29 is 19.4 Å². The summed E-state index contributed by atoms with van der Waals surface area (Å²) in [5, 5.41) is 26.2. The summed E-state index contributed by atoms with van der Waals surface area (Å²) in [5.74, 6) is -0.576. The number of aliphatic carboxylic acids is 1. The van der Waals surface area contributed by atoms with E-state index in [9.17, 15) is 19.5 Å². The number of nitrogens with zero attached hydrogens (tertiary/aromatic N) is 4. The highest BCUT2D eigenvalue weighted by Gasteiger charge is 2.28. The lowest BCUT2D eigenvalue weighted by atomic mass is 9.97. The summed E-state index contributed by atoms with van der Waals surface area (Å²) in [6.07, 6.45) is 9.08. The van der Waals surface area contributed by atoms with Crippen LogP contribution < -0.4 is 20.9 Å². The second-order valence-electron chi connectivity index (χ2n) is 14.2. The molecule has 1 amide bonds. The molecule has 3 aromatic carbocycles. The van der Waals surface area contributed by atoms with Gasteiger partial charge in [-0.2, -0.15) is 5.26 Å². The quantitative estimate of drug-likeness (QED) is 0.0756. The van der Waals surface area contributed by atoms with E-state index < -0.39 is 11.9 Å². The summed E-state index contributed by atoms with van der Waals surface area (Å²) in [6.45, 7) is 2.69. The minimum absolute atomic E-state index is 0.0506. The molecule has 7 rings (SSSR count). The Morgan fingerprint density at radius 2 is 1.77 bits per heavy atom. The first-order valence-electron chi connectivity index (χ1n) is 18.6. The van der Waals surface area contributed by atoms with Crippen LogP contribution in [0.25, 0.3) is 40.1 Å². The smallest absolute Gasteiger partial charge is 0.307 e. The number of aromatic nitrogens is 2. The molecule has 3 N–H and O–H groups in total. The number of carboxylic acids is 1. The number of hydrogen-bond acceptors (Lipinski definition) is 8. The zero-order valence-electron chi connectivity index (χ0n) is 30.8. The number of rotatable bonds is 14. The van der Waals surface area contributed by atoms with Crippen molar-refractivity contribution in [3.05, 3.63) is 121 Å². The fourth-order valence-electron chi connectivity index (χ4n) is 7.26. The molecule has 5 aromatic rings. The third-order valence-electron chi connectivity index (χ3n) is 10.3. The van der Waals surface area contributed by atoms with Gasteiger partial charge < -0.3 is 20.5 Å². The first-order chi connectivity index (χ1) is 27.6. The van der Waals surface area contributed by atoms with Crippen molar-refractivity contribution in [1.82, 2.24) is 24.9 Å². The van der Waals surface area contributed by atoms with Gasteiger partial charge in [-0.1, -0.05) is 83.4 Å². The molecule has 292 valence electrons. The number of halogens is 3. The topological polar surface area (TPSA) is 149 Å². The van der Waals surface area contributed by atoms with Crippen LogP contribution in [0.4, 0.5) is 0 Å². The summed E-state index contributed by atoms with van der Waals surface area (Å²) >= 11 is 21.0. The number of ether oxygens (including phenoxy) is 1. The molecule has 0 radical (unpaired) electrons. The number of fused-ring (bicyclic) bond motifs is 1. The number of amides is 1. The Hall–Kier alpha value is -5.22. The minimum atomic E-state index is -0.797. The van der Waals surface area contributed by atoms with Gasteiger partial charge in [0.25, 0.3) is 5.56 Å². The van der Waals surface area contributed by atoms with E-state index >= 15 is 0 Å². The Bertz CT molecular complexity index is 2480. The molecule has 2 aliphatic heterocycles. The fraction of sp³-hybridized carbons (Fsp3) is 0.279. The van der Waals surface area contributed by atoms with Crippen LogP contribution >= 0.6 is 34.8 Å². The van der Waals surface area contributed by atoms with E-state index in [1.165, 1.54) is 4.40 Å². The highest BCUT2D eigenvalue weighted by Crippen LogP contribution is 2.41. The first kappa shape index (κ1) is 40.0. The number of nitriles is 1. The number of carboxylic acid groups (broad SMARTS) is 1. The molecule has 2 aliphatic rings. The van der Waals surface area contributed by atoms with Crippen molar-refractivity contribution in [2.24, 2.45) is 5.92 Å². The SMILES string of the molecule is N#CCCOc1cc(/C=C/c2cccc(-c3cccc(-c4ccn5c(=O)c(CNC[C@@H]6CCC(=O)N6)cnc5c4)c3Cl)c2Cl)c(Cl)cc1CN1CC[C@@H](C(=O)O)C1. The number of pyridine rings is 1. The zero-order chi connectivity index (χ0) is 40.1. The third kappa shape index (κ3) is 9.17. The van der Waals surface area contributed by atoms with Gasteiger partial charge in [-0.3, -0.25) is 23.7 Å².